The lowest BCUT2D eigenvalue weighted by Gasteiger charge is -2.38. The zero-order valence-corrected chi connectivity index (χ0v) is 14.1. The molecule has 0 N–H and O–H groups in total. The number of hydrazone groups is 1. The van der Waals surface area contributed by atoms with Crippen LogP contribution in [0.4, 0.5) is 0 Å². The first-order chi connectivity index (χ1) is 10.9. The van der Waals surface area contributed by atoms with E-state index in [0.29, 0.717) is 6.04 Å². The number of rotatable bonds is 4. The lowest BCUT2D eigenvalue weighted by atomic mass is 9.98. The first kappa shape index (κ1) is 14.2. The Kier molecular flexibility index (Phi) is 3.84. The second-order valence-corrected chi connectivity index (χ2v) is 7.45. The highest BCUT2D eigenvalue weighted by Gasteiger charge is 2.39. The molecule has 0 aliphatic carbocycles. The molecule has 2 aliphatic rings. The molecule has 1 aromatic heterocycles. The second kappa shape index (κ2) is 5.97. The van der Waals surface area contributed by atoms with Gasteiger partial charge in [0.1, 0.15) is 5.75 Å². The molecule has 0 saturated heterocycles. The number of thiophene rings is 1. The molecule has 0 amide bonds. The monoisotopic (exact) mass is 330 g/mol. The van der Waals surface area contributed by atoms with Crippen molar-refractivity contribution >= 4 is 28.8 Å². The molecule has 2 aliphatic heterocycles. The van der Waals surface area contributed by atoms with Gasteiger partial charge >= 0.3 is 0 Å². The number of hydrogen-bond acceptors (Lipinski definition) is 5. The van der Waals surface area contributed by atoms with E-state index in [0.717, 1.165) is 24.3 Å². The van der Waals surface area contributed by atoms with E-state index in [9.17, 15) is 0 Å². The summed E-state index contributed by atoms with van der Waals surface area (Å²) in [6.45, 7) is 0. The molecule has 3 nitrogen and oxygen atoms in total. The van der Waals surface area contributed by atoms with E-state index >= 15 is 0 Å². The van der Waals surface area contributed by atoms with Crippen molar-refractivity contribution in [3.05, 3.63) is 52.2 Å². The van der Waals surface area contributed by atoms with Crippen molar-refractivity contribution in [3.63, 3.8) is 0 Å². The van der Waals surface area contributed by atoms with Crippen molar-refractivity contribution in [2.45, 2.75) is 25.1 Å². The molecule has 0 radical (unpaired) electrons. The molecule has 0 saturated carbocycles. The first-order valence-corrected chi connectivity index (χ1v) is 9.78. The summed E-state index contributed by atoms with van der Waals surface area (Å²) in [6, 6.07) is 13.0. The maximum Gasteiger partial charge on any atom is 0.188 e. The fraction of sp³-hybridized carbons (Fsp3) is 0.353. The third-order valence-corrected chi connectivity index (χ3v) is 5.72. The lowest BCUT2D eigenvalue weighted by molar-refractivity contribution is -0.0180. The van der Waals surface area contributed by atoms with Gasteiger partial charge in [-0.15, -0.1) is 11.3 Å². The molecule has 4 rings (SSSR count). The summed E-state index contributed by atoms with van der Waals surface area (Å²) in [6.07, 6.45) is 4.15. The Bertz CT molecular complexity index is 684. The summed E-state index contributed by atoms with van der Waals surface area (Å²) in [5.41, 5.74) is 2.45. The molecule has 5 heteroatoms. The highest BCUT2D eigenvalue weighted by molar-refractivity contribution is 7.98. The van der Waals surface area contributed by atoms with Crippen LogP contribution in [0.5, 0.6) is 5.75 Å². The zero-order chi connectivity index (χ0) is 14.9. The van der Waals surface area contributed by atoms with Crippen LogP contribution in [-0.4, -0.2) is 29.0 Å². The first-order valence-electron chi connectivity index (χ1n) is 7.51. The third-order valence-electron chi connectivity index (χ3n) is 4.15. The van der Waals surface area contributed by atoms with Gasteiger partial charge in [-0.25, -0.2) is 0 Å². The van der Waals surface area contributed by atoms with Crippen molar-refractivity contribution in [2.24, 2.45) is 5.10 Å². The van der Waals surface area contributed by atoms with Crippen LogP contribution < -0.4 is 4.74 Å². The number of nitrogens with zero attached hydrogens (tertiary/aromatic N) is 2. The Balaban J connectivity index is 1.69. The minimum absolute atomic E-state index is 0.0461. The zero-order valence-electron chi connectivity index (χ0n) is 12.4. The van der Waals surface area contributed by atoms with Crippen LogP contribution in [-0.2, 0) is 0 Å². The molecule has 2 unspecified atom stereocenters. The fourth-order valence-corrected chi connectivity index (χ4v) is 4.27. The number of thioether (sulfide) groups is 1. The Hall–Kier alpha value is -1.46. The molecule has 3 heterocycles. The smallest absolute Gasteiger partial charge is 0.188 e. The van der Waals surface area contributed by atoms with Crippen LogP contribution in [0.3, 0.4) is 0 Å². The SMILES string of the molecule is CSCCC1Oc2ccccc2C2CC(c3cccs3)=NN12. The Labute approximate surface area is 139 Å². The van der Waals surface area contributed by atoms with Crippen molar-refractivity contribution in [3.8, 4) is 5.75 Å². The maximum absolute atomic E-state index is 6.22. The molecule has 2 atom stereocenters. The van der Waals surface area contributed by atoms with Gasteiger partial charge in [0.15, 0.2) is 6.23 Å². The summed E-state index contributed by atoms with van der Waals surface area (Å²) in [5.74, 6) is 2.11. The van der Waals surface area contributed by atoms with E-state index in [1.165, 1.54) is 16.2 Å². The number of fused-ring (bicyclic) bond motifs is 3. The summed E-state index contributed by atoms with van der Waals surface area (Å²) >= 11 is 3.62. The van der Waals surface area contributed by atoms with Crippen molar-refractivity contribution < 1.29 is 4.74 Å². The summed E-state index contributed by atoms with van der Waals surface area (Å²) in [7, 11) is 0. The van der Waals surface area contributed by atoms with E-state index in [1.807, 2.05) is 11.8 Å². The number of para-hydroxylation sites is 1. The van der Waals surface area contributed by atoms with E-state index in [4.69, 9.17) is 9.84 Å². The summed E-state index contributed by atoms with van der Waals surface area (Å²) < 4.78 is 6.22. The molecule has 1 aromatic carbocycles. The summed E-state index contributed by atoms with van der Waals surface area (Å²) in [4.78, 5) is 1.27. The molecule has 0 spiro atoms. The topological polar surface area (TPSA) is 24.8 Å². The second-order valence-electron chi connectivity index (χ2n) is 5.52. The predicted octanol–water partition coefficient (Wildman–Crippen LogP) is 4.37. The minimum atomic E-state index is 0.0461. The van der Waals surface area contributed by atoms with E-state index in [1.54, 1.807) is 11.3 Å². The maximum atomic E-state index is 6.22. The van der Waals surface area contributed by atoms with Crippen LogP contribution in [0.1, 0.15) is 29.3 Å². The van der Waals surface area contributed by atoms with Gasteiger partial charge in [-0.2, -0.15) is 16.9 Å². The van der Waals surface area contributed by atoms with Crippen LogP contribution in [0.15, 0.2) is 46.9 Å². The highest BCUT2D eigenvalue weighted by Crippen LogP contribution is 2.43. The van der Waals surface area contributed by atoms with Gasteiger partial charge in [-0.1, -0.05) is 24.3 Å². The van der Waals surface area contributed by atoms with Crippen LogP contribution in [0.2, 0.25) is 0 Å². The van der Waals surface area contributed by atoms with Crippen LogP contribution >= 0.6 is 23.1 Å². The average Bonchev–Trinajstić information content (AvgIpc) is 3.21. The largest absolute Gasteiger partial charge is 0.469 e. The van der Waals surface area contributed by atoms with Crippen molar-refractivity contribution in [2.75, 3.05) is 12.0 Å². The number of benzene rings is 1. The Morgan fingerprint density at radius 2 is 2.23 bits per heavy atom. The van der Waals surface area contributed by atoms with Gasteiger partial charge in [0.05, 0.1) is 16.6 Å². The summed E-state index contributed by atoms with van der Waals surface area (Å²) in [5, 5.41) is 9.22. The molecule has 114 valence electrons. The molecular formula is C17H18N2OS2. The lowest BCUT2D eigenvalue weighted by Crippen LogP contribution is -2.40. The van der Waals surface area contributed by atoms with Crippen molar-refractivity contribution in [1.82, 2.24) is 5.01 Å². The van der Waals surface area contributed by atoms with Gasteiger partial charge in [0, 0.05) is 18.4 Å². The standard InChI is InChI=1S/C17H18N2OS2/c1-21-10-8-17-19-14(12-5-2-3-6-15(12)20-17)11-13(18-19)16-7-4-9-22-16/h2-7,9,14,17H,8,10-11H2,1H3. The molecule has 2 aromatic rings. The number of ether oxygens (including phenoxy) is 1. The minimum Gasteiger partial charge on any atom is -0.469 e. The molecule has 0 bridgehead atoms. The Morgan fingerprint density at radius 1 is 1.32 bits per heavy atom. The molecule has 0 fully saturated rings. The average molecular weight is 330 g/mol. The highest BCUT2D eigenvalue weighted by atomic mass is 32.2. The van der Waals surface area contributed by atoms with Gasteiger partial charge in [-0.3, -0.25) is 5.01 Å². The molecule has 22 heavy (non-hydrogen) atoms. The normalized spacial score (nSPS) is 22.8. The van der Waals surface area contributed by atoms with Crippen LogP contribution in [0.25, 0.3) is 0 Å². The quantitative estimate of drug-likeness (QED) is 0.832. The van der Waals surface area contributed by atoms with Gasteiger partial charge in [0.25, 0.3) is 0 Å². The van der Waals surface area contributed by atoms with E-state index in [-0.39, 0.29) is 6.23 Å². The van der Waals surface area contributed by atoms with E-state index < -0.39 is 0 Å². The van der Waals surface area contributed by atoms with Gasteiger partial charge in [-0.05, 0) is 29.5 Å². The fourth-order valence-electron chi connectivity index (χ4n) is 3.11. The van der Waals surface area contributed by atoms with Gasteiger partial charge in [0.2, 0.25) is 0 Å². The van der Waals surface area contributed by atoms with Gasteiger partial charge < -0.3 is 4.74 Å². The van der Waals surface area contributed by atoms with E-state index in [2.05, 4.69) is 53.0 Å². The third kappa shape index (κ3) is 2.42. The Morgan fingerprint density at radius 3 is 3.05 bits per heavy atom. The molecular weight excluding hydrogens is 312 g/mol. The van der Waals surface area contributed by atoms with Crippen LogP contribution in [0, 0.1) is 0 Å². The predicted molar refractivity (Wildman–Crippen MR) is 93.9 cm³/mol. The van der Waals surface area contributed by atoms with Crippen molar-refractivity contribution in [1.29, 1.82) is 0 Å². The number of hydrogen-bond donors (Lipinski definition) is 0.